The molecule has 0 saturated carbocycles. The van der Waals surface area contributed by atoms with Gasteiger partial charge >= 0.3 is 0 Å². The van der Waals surface area contributed by atoms with E-state index in [-0.39, 0.29) is 0 Å². The fourth-order valence-electron chi connectivity index (χ4n) is 4.04. The standard InChI is InChI=1S/C19H27F2N3O4S/c1-28-15-7-11-23(12-8-15)14-5-9-24(10-6-14)18(25)13-22-29(26,27)19-16(20)3-2-4-17(19)21/h2-4,14-15,22H,5-13H2,1H3. The molecule has 0 atom stereocenters. The molecule has 1 aromatic rings. The molecule has 2 aliphatic heterocycles. The van der Waals surface area contributed by atoms with Gasteiger partial charge in [-0.2, -0.15) is 0 Å². The second-order valence-corrected chi connectivity index (χ2v) is 9.16. The SMILES string of the molecule is COC1CCN(C2CCN(C(=O)CNS(=O)(=O)c3c(F)cccc3F)CC2)CC1. The molecule has 3 rings (SSSR count). The molecule has 0 aliphatic carbocycles. The van der Waals surface area contributed by atoms with Crippen molar-refractivity contribution in [2.75, 3.05) is 39.8 Å². The van der Waals surface area contributed by atoms with Gasteiger partial charge in [-0.3, -0.25) is 4.79 Å². The van der Waals surface area contributed by atoms with E-state index in [2.05, 4.69) is 4.90 Å². The van der Waals surface area contributed by atoms with Crippen LogP contribution in [0.25, 0.3) is 0 Å². The van der Waals surface area contributed by atoms with Gasteiger partial charge in [0.25, 0.3) is 0 Å². The topological polar surface area (TPSA) is 79.0 Å². The number of nitrogens with one attached hydrogen (secondary N) is 1. The van der Waals surface area contributed by atoms with E-state index in [9.17, 15) is 22.0 Å². The average molecular weight is 432 g/mol. The Hall–Kier alpha value is -1.62. The van der Waals surface area contributed by atoms with Gasteiger partial charge in [0.15, 0.2) is 4.90 Å². The molecule has 2 saturated heterocycles. The summed E-state index contributed by atoms with van der Waals surface area (Å²) in [7, 11) is -2.72. The molecule has 29 heavy (non-hydrogen) atoms. The van der Waals surface area contributed by atoms with Gasteiger partial charge in [-0.25, -0.2) is 21.9 Å². The summed E-state index contributed by atoms with van der Waals surface area (Å²) >= 11 is 0. The summed E-state index contributed by atoms with van der Waals surface area (Å²) in [6, 6.07) is 3.21. The van der Waals surface area contributed by atoms with Gasteiger partial charge in [-0.15, -0.1) is 0 Å². The molecule has 2 heterocycles. The maximum Gasteiger partial charge on any atom is 0.246 e. The molecule has 0 aromatic heterocycles. The van der Waals surface area contributed by atoms with E-state index in [0.717, 1.165) is 57.0 Å². The van der Waals surface area contributed by atoms with Crippen LogP contribution >= 0.6 is 0 Å². The van der Waals surface area contributed by atoms with Crippen LogP contribution in [-0.4, -0.2) is 76.1 Å². The van der Waals surface area contributed by atoms with Crippen molar-refractivity contribution >= 4 is 15.9 Å². The van der Waals surface area contributed by atoms with Crippen LogP contribution in [0.3, 0.4) is 0 Å². The van der Waals surface area contributed by atoms with Crippen molar-refractivity contribution in [3.05, 3.63) is 29.8 Å². The smallest absolute Gasteiger partial charge is 0.246 e. The predicted molar refractivity (Wildman–Crippen MR) is 103 cm³/mol. The minimum atomic E-state index is -4.46. The van der Waals surface area contributed by atoms with Crippen molar-refractivity contribution in [3.8, 4) is 0 Å². The number of ether oxygens (including phenoxy) is 1. The van der Waals surface area contributed by atoms with E-state index in [1.54, 1.807) is 12.0 Å². The Morgan fingerprint density at radius 3 is 2.24 bits per heavy atom. The van der Waals surface area contributed by atoms with E-state index in [1.165, 1.54) is 0 Å². The van der Waals surface area contributed by atoms with Gasteiger partial charge in [0.05, 0.1) is 12.6 Å². The number of hydrogen-bond acceptors (Lipinski definition) is 5. The zero-order chi connectivity index (χ0) is 21.0. The Kier molecular flexibility index (Phi) is 7.20. The maximum absolute atomic E-state index is 13.7. The third-order valence-electron chi connectivity index (χ3n) is 5.74. The number of sulfonamides is 1. The summed E-state index contributed by atoms with van der Waals surface area (Å²) in [5.74, 6) is -2.78. The second kappa shape index (κ2) is 9.46. The van der Waals surface area contributed by atoms with Crippen molar-refractivity contribution in [3.63, 3.8) is 0 Å². The Balaban J connectivity index is 1.49. The molecular formula is C19H27F2N3O4S. The van der Waals surface area contributed by atoms with Crippen LogP contribution < -0.4 is 4.72 Å². The first-order valence-corrected chi connectivity index (χ1v) is 11.3. The Morgan fingerprint density at radius 1 is 1.10 bits per heavy atom. The number of amides is 1. The lowest BCUT2D eigenvalue weighted by Crippen LogP contribution is -2.51. The maximum atomic E-state index is 13.7. The molecule has 10 heteroatoms. The molecule has 0 bridgehead atoms. The number of piperidine rings is 2. The number of carbonyl (C=O) groups excluding carboxylic acids is 1. The third-order valence-corrected chi connectivity index (χ3v) is 7.20. The highest BCUT2D eigenvalue weighted by Crippen LogP contribution is 2.22. The Bertz CT molecular complexity index is 800. The predicted octanol–water partition coefficient (Wildman–Crippen LogP) is 1.34. The molecule has 1 N–H and O–H groups in total. The summed E-state index contributed by atoms with van der Waals surface area (Å²) in [6.07, 6.45) is 3.96. The van der Waals surface area contributed by atoms with Crippen LogP contribution in [0, 0.1) is 11.6 Å². The number of benzene rings is 1. The second-order valence-electron chi connectivity index (χ2n) is 7.46. The van der Waals surface area contributed by atoms with Crippen LogP contribution in [0.1, 0.15) is 25.7 Å². The zero-order valence-electron chi connectivity index (χ0n) is 16.4. The lowest BCUT2D eigenvalue weighted by molar-refractivity contribution is -0.131. The van der Waals surface area contributed by atoms with Gasteiger partial charge in [-0.1, -0.05) is 6.07 Å². The molecule has 0 unspecified atom stereocenters. The largest absolute Gasteiger partial charge is 0.381 e. The number of likely N-dealkylation sites (tertiary alicyclic amines) is 2. The first kappa shape index (κ1) is 22.1. The van der Waals surface area contributed by atoms with Gasteiger partial charge in [0, 0.05) is 39.3 Å². The summed E-state index contributed by atoms with van der Waals surface area (Å²) in [5, 5.41) is 0. The molecule has 1 aromatic carbocycles. The van der Waals surface area contributed by atoms with Crippen LogP contribution in [0.15, 0.2) is 23.1 Å². The van der Waals surface area contributed by atoms with Crippen molar-refractivity contribution in [1.82, 2.24) is 14.5 Å². The van der Waals surface area contributed by atoms with Crippen molar-refractivity contribution in [1.29, 1.82) is 0 Å². The first-order valence-electron chi connectivity index (χ1n) is 9.80. The molecule has 0 radical (unpaired) electrons. The highest BCUT2D eigenvalue weighted by atomic mass is 32.2. The number of methoxy groups -OCH3 is 1. The quantitative estimate of drug-likeness (QED) is 0.736. The number of carbonyl (C=O) groups is 1. The Morgan fingerprint density at radius 2 is 1.69 bits per heavy atom. The van der Waals surface area contributed by atoms with Crippen molar-refractivity contribution in [2.24, 2.45) is 0 Å². The van der Waals surface area contributed by atoms with Crippen LogP contribution in [-0.2, 0) is 19.6 Å². The van der Waals surface area contributed by atoms with Gasteiger partial charge < -0.3 is 14.5 Å². The van der Waals surface area contributed by atoms with Gasteiger partial charge in [0.2, 0.25) is 15.9 Å². The molecule has 2 aliphatic rings. The first-order chi connectivity index (χ1) is 13.8. The van der Waals surface area contributed by atoms with E-state index < -0.39 is 39.0 Å². The molecule has 2 fully saturated rings. The summed E-state index contributed by atoms with van der Waals surface area (Å²) in [4.78, 5) is 15.4. The highest BCUT2D eigenvalue weighted by molar-refractivity contribution is 7.89. The van der Waals surface area contributed by atoms with Gasteiger partial charge in [-0.05, 0) is 37.8 Å². The number of nitrogens with zero attached hydrogens (tertiary/aromatic N) is 2. The molecule has 162 valence electrons. The van der Waals surface area contributed by atoms with Crippen LogP contribution in [0.2, 0.25) is 0 Å². The van der Waals surface area contributed by atoms with Crippen molar-refractivity contribution in [2.45, 2.75) is 42.7 Å². The monoisotopic (exact) mass is 431 g/mol. The van der Waals surface area contributed by atoms with Crippen LogP contribution in [0.4, 0.5) is 8.78 Å². The van der Waals surface area contributed by atoms with E-state index in [4.69, 9.17) is 4.74 Å². The lowest BCUT2D eigenvalue weighted by atomic mass is 9.99. The number of rotatable bonds is 6. The summed E-state index contributed by atoms with van der Waals surface area (Å²) in [6.45, 7) is 2.49. The summed E-state index contributed by atoms with van der Waals surface area (Å²) in [5.41, 5.74) is 0. The number of halogens is 2. The highest BCUT2D eigenvalue weighted by Gasteiger charge is 2.30. The Labute approximate surface area is 170 Å². The van der Waals surface area contributed by atoms with Crippen LogP contribution in [0.5, 0.6) is 0 Å². The third kappa shape index (κ3) is 5.30. The van der Waals surface area contributed by atoms with E-state index >= 15 is 0 Å². The lowest BCUT2D eigenvalue weighted by Gasteiger charge is -2.41. The minimum Gasteiger partial charge on any atom is -0.381 e. The molecule has 1 amide bonds. The molecule has 0 spiro atoms. The summed E-state index contributed by atoms with van der Waals surface area (Å²) < 4.78 is 59.2. The zero-order valence-corrected chi connectivity index (χ0v) is 17.3. The number of hydrogen-bond donors (Lipinski definition) is 1. The van der Waals surface area contributed by atoms with Gasteiger partial charge in [0.1, 0.15) is 11.6 Å². The minimum absolute atomic E-state index is 0.320. The molecule has 7 nitrogen and oxygen atoms in total. The van der Waals surface area contributed by atoms with E-state index in [0.29, 0.717) is 25.2 Å². The fraction of sp³-hybridized carbons (Fsp3) is 0.632. The normalized spacial score (nSPS) is 20.2. The van der Waals surface area contributed by atoms with Crippen molar-refractivity contribution < 1.29 is 26.7 Å². The molecular weight excluding hydrogens is 404 g/mol. The average Bonchev–Trinajstić information content (AvgIpc) is 2.72. The fourth-order valence-corrected chi connectivity index (χ4v) is 5.14. The van der Waals surface area contributed by atoms with E-state index in [1.807, 2.05) is 4.72 Å².